The van der Waals surface area contributed by atoms with Crippen molar-refractivity contribution in [2.75, 3.05) is 0 Å². The van der Waals surface area contributed by atoms with Gasteiger partial charge in [0.2, 0.25) is 5.75 Å². The van der Waals surface area contributed by atoms with E-state index in [0.29, 0.717) is 5.92 Å². The van der Waals surface area contributed by atoms with E-state index >= 15 is 0 Å². The zero-order valence-corrected chi connectivity index (χ0v) is 18.8. The van der Waals surface area contributed by atoms with Gasteiger partial charge in [-0.3, -0.25) is 0 Å². The Bertz CT molecular complexity index is 1210. The quantitative estimate of drug-likeness (QED) is 0.206. The number of hydrogen-bond donors (Lipinski definition) is 0. The van der Waals surface area contributed by atoms with Crippen molar-refractivity contribution in [1.29, 1.82) is 0 Å². The molecule has 0 saturated heterocycles. The van der Waals surface area contributed by atoms with Crippen molar-refractivity contribution in [2.45, 2.75) is 57.7 Å². The molecule has 0 N–H and O–H groups in total. The van der Waals surface area contributed by atoms with E-state index in [9.17, 15) is 22.0 Å². The van der Waals surface area contributed by atoms with Crippen LogP contribution in [0.3, 0.4) is 0 Å². The van der Waals surface area contributed by atoms with Crippen LogP contribution in [-0.4, -0.2) is 6.36 Å². The molecule has 0 radical (unpaired) electrons. The van der Waals surface area contributed by atoms with Gasteiger partial charge in [0.25, 0.3) is 0 Å². The molecular formula is C28H25F5O. The Morgan fingerprint density at radius 1 is 1.00 bits per heavy atom. The molecule has 1 aliphatic rings. The largest absolute Gasteiger partial charge is 0.573 e. The minimum absolute atomic E-state index is 0.0234. The summed E-state index contributed by atoms with van der Waals surface area (Å²) in [4.78, 5) is 0. The molecule has 0 aromatic heterocycles. The van der Waals surface area contributed by atoms with Crippen LogP contribution in [0.2, 0.25) is 0 Å². The highest BCUT2D eigenvalue weighted by atomic mass is 19.4. The van der Waals surface area contributed by atoms with Gasteiger partial charge < -0.3 is 4.74 Å². The smallest absolute Gasteiger partial charge is 0.399 e. The zero-order valence-electron chi connectivity index (χ0n) is 18.8. The summed E-state index contributed by atoms with van der Waals surface area (Å²) in [6, 6.07) is 13.9. The Morgan fingerprint density at radius 2 is 1.74 bits per heavy atom. The van der Waals surface area contributed by atoms with Crippen molar-refractivity contribution in [3.63, 3.8) is 0 Å². The molecule has 178 valence electrons. The van der Waals surface area contributed by atoms with Gasteiger partial charge in [0, 0.05) is 11.5 Å². The Kier molecular flexibility index (Phi) is 7.11. The van der Waals surface area contributed by atoms with Gasteiger partial charge >= 0.3 is 6.36 Å². The molecule has 0 bridgehead atoms. The summed E-state index contributed by atoms with van der Waals surface area (Å²) < 4.78 is 69.1. The van der Waals surface area contributed by atoms with Gasteiger partial charge in [0.15, 0.2) is 11.6 Å². The van der Waals surface area contributed by atoms with Crippen molar-refractivity contribution in [1.82, 2.24) is 0 Å². The lowest BCUT2D eigenvalue weighted by atomic mass is 9.72. The van der Waals surface area contributed by atoms with E-state index in [1.807, 2.05) is 12.1 Å². The maximum Gasteiger partial charge on any atom is 0.573 e. The standard InChI is InChI=1S/C28H25F5O/c1-2-3-4-7-20-12-14-23-21-9-6-5-8-19(21)11-15-24(23)22(20)13-10-18-16-25(29)27(26(30)17-18)34-28(31,32)33/h5-6,8-9,11,15-17,20,22H,2-4,7,12,14H2,1H3/t20-,22+/m1/s1. The minimum Gasteiger partial charge on any atom is -0.399 e. The topological polar surface area (TPSA) is 9.23 Å². The van der Waals surface area contributed by atoms with Crippen molar-refractivity contribution < 1.29 is 26.7 Å². The van der Waals surface area contributed by atoms with Crippen LogP contribution in [0, 0.1) is 29.4 Å². The van der Waals surface area contributed by atoms with Gasteiger partial charge in [-0.05, 0) is 59.2 Å². The normalized spacial score (nSPS) is 17.7. The van der Waals surface area contributed by atoms with Gasteiger partial charge in [0.1, 0.15) is 0 Å². The molecule has 0 aliphatic heterocycles. The molecule has 0 heterocycles. The Hall–Kier alpha value is -3.07. The maximum absolute atomic E-state index is 14.2. The summed E-state index contributed by atoms with van der Waals surface area (Å²) in [7, 11) is 0. The van der Waals surface area contributed by atoms with Crippen molar-refractivity contribution in [3.8, 4) is 17.6 Å². The number of hydrogen-bond acceptors (Lipinski definition) is 1. The number of alkyl halides is 3. The lowest BCUT2D eigenvalue weighted by Crippen LogP contribution is -2.20. The van der Waals surface area contributed by atoms with E-state index in [1.165, 1.54) is 10.9 Å². The summed E-state index contributed by atoms with van der Waals surface area (Å²) in [6.45, 7) is 2.15. The van der Waals surface area contributed by atoms with E-state index in [1.54, 1.807) is 0 Å². The number of halogens is 5. The molecule has 0 saturated carbocycles. The van der Waals surface area contributed by atoms with Crippen LogP contribution >= 0.6 is 0 Å². The molecule has 0 amide bonds. The molecule has 34 heavy (non-hydrogen) atoms. The van der Waals surface area contributed by atoms with Gasteiger partial charge in [0.05, 0.1) is 0 Å². The Balaban J connectivity index is 1.71. The molecule has 0 unspecified atom stereocenters. The summed E-state index contributed by atoms with van der Waals surface area (Å²) in [6.07, 6.45) is 1.03. The number of fused-ring (bicyclic) bond motifs is 3. The number of benzene rings is 3. The molecule has 6 heteroatoms. The maximum atomic E-state index is 14.2. The number of aryl methyl sites for hydroxylation is 1. The predicted molar refractivity (Wildman–Crippen MR) is 123 cm³/mol. The lowest BCUT2D eigenvalue weighted by molar-refractivity contribution is -0.276. The second kappa shape index (κ2) is 10.0. The van der Waals surface area contributed by atoms with Crippen LogP contribution in [0.25, 0.3) is 10.8 Å². The lowest BCUT2D eigenvalue weighted by Gasteiger charge is -2.31. The van der Waals surface area contributed by atoms with Gasteiger partial charge in [-0.1, -0.05) is 74.4 Å². The summed E-state index contributed by atoms with van der Waals surface area (Å²) in [5.41, 5.74) is 2.34. The molecule has 0 fully saturated rings. The number of unbranched alkanes of at least 4 members (excludes halogenated alkanes) is 2. The van der Waals surface area contributed by atoms with Gasteiger partial charge in [-0.2, -0.15) is 0 Å². The SMILES string of the molecule is CCCCC[C@@H]1CCc2c(ccc3ccccc23)[C@H]1C#Cc1cc(F)c(OC(F)(F)F)c(F)c1. The fourth-order valence-electron chi connectivity index (χ4n) is 4.84. The van der Waals surface area contributed by atoms with Crippen LogP contribution in [0.1, 0.15) is 61.6 Å². The predicted octanol–water partition coefficient (Wildman–Crippen LogP) is 8.29. The molecule has 2 atom stereocenters. The second-order valence-electron chi connectivity index (χ2n) is 8.71. The van der Waals surface area contributed by atoms with Crippen molar-refractivity contribution >= 4 is 10.8 Å². The van der Waals surface area contributed by atoms with E-state index in [-0.39, 0.29) is 11.5 Å². The van der Waals surface area contributed by atoms with Crippen LogP contribution in [0.15, 0.2) is 48.5 Å². The average Bonchev–Trinajstić information content (AvgIpc) is 2.79. The number of ether oxygens (including phenoxy) is 1. The molecule has 0 spiro atoms. The molecule has 1 aliphatic carbocycles. The molecular weight excluding hydrogens is 447 g/mol. The molecule has 3 aromatic rings. The Morgan fingerprint density at radius 3 is 2.44 bits per heavy atom. The first-order chi connectivity index (χ1) is 16.3. The summed E-state index contributed by atoms with van der Waals surface area (Å²) in [5.74, 6) is 1.88. The Labute approximate surface area is 195 Å². The molecule has 1 nitrogen and oxygen atoms in total. The monoisotopic (exact) mass is 472 g/mol. The first-order valence-electron chi connectivity index (χ1n) is 11.5. The van der Waals surface area contributed by atoms with Crippen LogP contribution < -0.4 is 4.74 Å². The average molecular weight is 472 g/mol. The van der Waals surface area contributed by atoms with Gasteiger partial charge in [-0.25, -0.2) is 8.78 Å². The summed E-state index contributed by atoms with van der Waals surface area (Å²) in [5, 5.41) is 2.34. The van der Waals surface area contributed by atoms with E-state index < -0.39 is 23.7 Å². The molecule has 3 aromatic carbocycles. The fraction of sp³-hybridized carbons (Fsp3) is 0.357. The van der Waals surface area contributed by atoms with Crippen LogP contribution in [0.4, 0.5) is 22.0 Å². The summed E-state index contributed by atoms with van der Waals surface area (Å²) >= 11 is 0. The van der Waals surface area contributed by atoms with E-state index in [0.717, 1.165) is 61.6 Å². The van der Waals surface area contributed by atoms with Gasteiger partial charge in [-0.15, -0.1) is 13.2 Å². The third-order valence-electron chi connectivity index (χ3n) is 6.41. The first kappa shape index (κ1) is 24.1. The third-order valence-corrected chi connectivity index (χ3v) is 6.41. The minimum atomic E-state index is -5.19. The van der Waals surface area contributed by atoms with Crippen molar-refractivity contribution in [3.05, 3.63) is 76.9 Å². The first-order valence-corrected chi connectivity index (χ1v) is 11.5. The van der Waals surface area contributed by atoms with Crippen LogP contribution in [0.5, 0.6) is 5.75 Å². The van der Waals surface area contributed by atoms with E-state index in [4.69, 9.17) is 0 Å². The highest BCUT2D eigenvalue weighted by Crippen LogP contribution is 2.41. The number of rotatable bonds is 5. The third kappa shape index (κ3) is 5.35. The fourth-order valence-corrected chi connectivity index (χ4v) is 4.84. The zero-order chi connectivity index (χ0) is 24.3. The van der Waals surface area contributed by atoms with Crippen molar-refractivity contribution in [2.24, 2.45) is 5.92 Å². The highest BCUT2D eigenvalue weighted by molar-refractivity contribution is 5.87. The van der Waals surface area contributed by atoms with Crippen LogP contribution in [-0.2, 0) is 6.42 Å². The van der Waals surface area contributed by atoms with E-state index in [2.05, 4.69) is 47.8 Å². The second-order valence-corrected chi connectivity index (χ2v) is 8.71. The highest BCUT2D eigenvalue weighted by Gasteiger charge is 2.34. The molecule has 4 rings (SSSR count).